The Morgan fingerprint density at radius 3 is 1.45 bits per heavy atom. The van der Waals surface area contributed by atoms with E-state index in [1.54, 1.807) is 0 Å². The second-order valence-electron chi connectivity index (χ2n) is 4.60. The standard InChI is InChI=1S/C6H12N2.2C2HF3O2/c1-8-3-5-2-7-6(5)4-8;2*3-2(4,5)1(6)7/h5-7H,2-4H2,1H3;2*(H,6,7)/t5-,6-;;/m1../s1. The van der Waals surface area contributed by atoms with Crippen molar-refractivity contribution in [1.29, 1.82) is 0 Å². The maximum Gasteiger partial charge on any atom is 0.490 e. The number of alkyl halides is 6. The number of fused-ring (bicyclic) bond motifs is 1. The number of nitrogens with one attached hydrogen (secondary N) is 1. The summed E-state index contributed by atoms with van der Waals surface area (Å²) in [5.74, 6) is -4.53. The van der Waals surface area contributed by atoms with E-state index in [0.717, 1.165) is 12.0 Å². The minimum Gasteiger partial charge on any atom is -0.475 e. The number of likely N-dealkylation sites (N-methyl/N-ethyl adjacent to an activating group) is 1. The van der Waals surface area contributed by atoms with E-state index in [-0.39, 0.29) is 0 Å². The number of carboxylic acid groups (broad SMARTS) is 2. The third-order valence-electron chi connectivity index (χ3n) is 2.75. The first-order valence-corrected chi connectivity index (χ1v) is 5.77. The first-order chi connectivity index (χ1) is 9.75. The number of hydrogen-bond donors (Lipinski definition) is 3. The first kappa shape index (κ1) is 20.4. The molecule has 130 valence electrons. The van der Waals surface area contributed by atoms with Gasteiger partial charge in [-0.2, -0.15) is 26.3 Å². The molecular weight excluding hydrogens is 326 g/mol. The van der Waals surface area contributed by atoms with E-state index in [4.69, 9.17) is 19.8 Å². The molecule has 2 atom stereocenters. The lowest BCUT2D eigenvalue weighted by Gasteiger charge is -2.30. The number of aliphatic carboxylic acids is 2. The van der Waals surface area contributed by atoms with E-state index in [1.807, 2.05) is 0 Å². The normalized spacial score (nSPS) is 24.0. The average Bonchev–Trinajstić information content (AvgIpc) is 2.54. The van der Waals surface area contributed by atoms with Crippen molar-refractivity contribution in [3.63, 3.8) is 0 Å². The second-order valence-corrected chi connectivity index (χ2v) is 4.60. The van der Waals surface area contributed by atoms with Crippen LogP contribution in [0.25, 0.3) is 0 Å². The maximum absolute atomic E-state index is 10.6. The predicted octanol–water partition coefficient (Wildman–Crippen LogP) is 0.786. The molecule has 0 bridgehead atoms. The van der Waals surface area contributed by atoms with E-state index >= 15 is 0 Å². The summed E-state index contributed by atoms with van der Waals surface area (Å²) in [4.78, 5) is 20.2. The van der Waals surface area contributed by atoms with Gasteiger partial charge in [-0.15, -0.1) is 0 Å². The Labute approximate surface area is 120 Å². The van der Waals surface area contributed by atoms with Crippen molar-refractivity contribution in [3.8, 4) is 0 Å². The molecule has 0 unspecified atom stereocenters. The summed E-state index contributed by atoms with van der Waals surface area (Å²) in [6.07, 6.45) is -10.2. The molecule has 2 fully saturated rings. The summed E-state index contributed by atoms with van der Waals surface area (Å²) in [6, 6.07) is 0.847. The Balaban J connectivity index is 0.000000303. The highest BCUT2D eigenvalue weighted by Crippen LogP contribution is 2.21. The Kier molecular flexibility index (Phi) is 7.09. The quantitative estimate of drug-likeness (QED) is 0.565. The molecule has 0 aromatic carbocycles. The van der Waals surface area contributed by atoms with Gasteiger partial charge >= 0.3 is 24.3 Å². The highest BCUT2D eigenvalue weighted by molar-refractivity contribution is 5.73. The minimum atomic E-state index is -5.08. The molecule has 0 amide bonds. The van der Waals surface area contributed by atoms with Crippen LogP contribution >= 0.6 is 0 Å². The van der Waals surface area contributed by atoms with E-state index in [9.17, 15) is 26.3 Å². The number of nitrogens with zero attached hydrogens (tertiary/aromatic N) is 1. The molecule has 0 radical (unpaired) electrons. The van der Waals surface area contributed by atoms with Crippen molar-refractivity contribution in [3.05, 3.63) is 0 Å². The zero-order valence-electron chi connectivity index (χ0n) is 11.2. The molecule has 2 rings (SSSR count). The van der Waals surface area contributed by atoms with Crippen LogP contribution in [0.15, 0.2) is 0 Å². The van der Waals surface area contributed by atoms with Crippen LogP contribution in [0.5, 0.6) is 0 Å². The van der Waals surface area contributed by atoms with Crippen molar-refractivity contribution < 1.29 is 46.1 Å². The van der Waals surface area contributed by atoms with Gasteiger partial charge in [-0.05, 0) is 7.05 Å². The fraction of sp³-hybridized carbons (Fsp3) is 0.800. The number of hydrogen-bond acceptors (Lipinski definition) is 4. The van der Waals surface area contributed by atoms with Crippen molar-refractivity contribution in [2.45, 2.75) is 18.4 Å². The lowest BCUT2D eigenvalue weighted by atomic mass is 9.96. The second kappa shape index (κ2) is 7.63. The van der Waals surface area contributed by atoms with E-state index in [1.165, 1.54) is 19.6 Å². The molecule has 12 heteroatoms. The molecule has 2 heterocycles. The zero-order chi connectivity index (χ0) is 17.7. The first-order valence-electron chi connectivity index (χ1n) is 5.77. The van der Waals surface area contributed by atoms with Crippen LogP contribution in [-0.2, 0) is 9.59 Å². The molecule has 0 saturated carbocycles. The third kappa shape index (κ3) is 7.45. The van der Waals surface area contributed by atoms with Crippen LogP contribution in [0.3, 0.4) is 0 Å². The molecule has 2 saturated heterocycles. The third-order valence-corrected chi connectivity index (χ3v) is 2.75. The minimum absolute atomic E-state index is 0.847. The van der Waals surface area contributed by atoms with Gasteiger partial charge in [0, 0.05) is 31.6 Å². The number of carbonyl (C=O) groups is 2. The monoisotopic (exact) mass is 340 g/mol. The van der Waals surface area contributed by atoms with Crippen molar-refractivity contribution in [1.82, 2.24) is 10.2 Å². The molecule has 22 heavy (non-hydrogen) atoms. The maximum atomic E-state index is 10.6. The Morgan fingerprint density at radius 2 is 1.36 bits per heavy atom. The summed E-state index contributed by atoms with van der Waals surface area (Å²) in [5.41, 5.74) is 0. The number of likely N-dealkylation sites (tertiary alicyclic amines) is 1. The van der Waals surface area contributed by atoms with Crippen molar-refractivity contribution in [2.24, 2.45) is 5.92 Å². The summed E-state index contributed by atoms with van der Waals surface area (Å²) < 4.78 is 63.5. The lowest BCUT2D eigenvalue weighted by Crippen LogP contribution is -2.51. The van der Waals surface area contributed by atoms with Crippen LogP contribution < -0.4 is 5.32 Å². The number of carboxylic acids is 2. The SMILES string of the molecule is CN1C[C@H]2CN[C@@H]2C1.O=C(O)C(F)(F)F.O=C(O)C(F)(F)F. The summed E-state index contributed by atoms with van der Waals surface area (Å²) >= 11 is 0. The molecule has 3 N–H and O–H groups in total. The van der Waals surface area contributed by atoms with Crippen molar-refractivity contribution in [2.75, 3.05) is 26.7 Å². The largest absolute Gasteiger partial charge is 0.490 e. The summed E-state index contributed by atoms with van der Waals surface area (Å²) in [7, 11) is 2.19. The Morgan fingerprint density at radius 1 is 1.00 bits per heavy atom. The van der Waals surface area contributed by atoms with E-state index in [0.29, 0.717) is 0 Å². The molecule has 0 aliphatic carbocycles. The van der Waals surface area contributed by atoms with Gasteiger partial charge in [-0.3, -0.25) is 0 Å². The number of halogens is 6. The summed E-state index contributed by atoms with van der Waals surface area (Å²) in [6.45, 7) is 3.84. The highest BCUT2D eigenvalue weighted by atomic mass is 19.4. The number of rotatable bonds is 0. The summed E-state index contributed by atoms with van der Waals surface area (Å²) in [5, 5.41) is 17.6. The van der Waals surface area contributed by atoms with Gasteiger partial charge in [-0.1, -0.05) is 0 Å². The molecule has 0 aromatic rings. The van der Waals surface area contributed by atoms with Gasteiger partial charge in [0.1, 0.15) is 0 Å². The van der Waals surface area contributed by atoms with Gasteiger partial charge in [-0.25, -0.2) is 9.59 Å². The molecule has 2 aliphatic rings. The lowest BCUT2D eigenvalue weighted by molar-refractivity contribution is -0.193. The molecule has 0 spiro atoms. The highest BCUT2D eigenvalue weighted by Gasteiger charge is 2.39. The Hall–Kier alpha value is -1.56. The average molecular weight is 340 g/mol. The Bertz CT molecular complexity index is 362. The fourth-order valence-corrected chi connectivity index (χ4v) is 1.67. The fourth-order valence-electron chi connectivity index (χ4n) is 1.67. The zero-order valence-corrected chi connectivity index (χ0v) is 11.2. The molecule has 2 aliphatic heterocycles. The van der Waals surface area contributed by atoms with Crippen LogP contribution in [-0.4, -0.2) is 72.1 Å². The van der Waals surface area contributed by atoms with Crippen LogP contribution in [0.2, 0.25) is 0 Å². The molecule has 6 nitrogen and oxygen atoms in total. The van der Waals surface area contributed by atoms with Gasteiger partial charge in [0.25, 0.3) is 0 Å². The van der Waals surface area contributed by atoms with Gasteiger partial charge < -0.3 is 20.4 Å². The molecule has 0 aromatic heterocycles. The predicted molar refractivity (Wildman–Crippen MR) is 60.2 cm³/mol. The van der Waals surface area contributed by atoms with E-state index < -0.39 is 24.3 Å². The van der Waals surface area contributed by atoms with Crippen LogP contribution in [0, 0.1) is 5.92 Å². The van der Waals surface area contributed by atoms with Gasteiger partial charge in [0.05, 0.1) is 0 Å². The topological polar surface area (TPSA) is 89.9 Å². The van der Waals surface area contributed by atoms with Crippen LogP contribution in [0.1, 0.15) is 0 Å². The van der Waals surface area contributed by atoms with Crippen molar-refractivity contribution >= 4 is 11.9 Å². The van der Waals surface area contributed by atoms with Crippen LogP contribution in [0.4, 0.5) is 26.3 Å². The van der Waals surface area contributed by atoms with E-state index in [2.05, 4.69) is 17.3 Å². The van der Waals surface area contributed by atoms with Gasteiger partial charge in [0.15, 0.2) is 0 Å². The van der Waals surface area contributed by atoms with Gasteiger partial charge in [0.2, 0.25) is 0 Å². The smallest absolute Gasteiger partial charge is 0.475 e. The molecular formula is C10H14F6N2O4.